The highest BCUT2D eigenvalue weighted by molar-refractivity contribution is 7.89. The number of aromatic nitrogens is 1. The second kappa shape index (κ2) is 7.98. The molecule has 0 unspecified atom stereocenters. The number of amides is 1. The van der Waals surface area contributed by atoms with Gasteiger partial charge in [0.2, 0.25) is 10.0 Å². The number of hydrogen-bond acceptors (Lipinski definition) is 5. The molecule has 1 atom stereocenters. The lowest BCUT2D eigenvalue weighted by molar-refractivity contribution is 0.0485. The quantitative estimate of drug-likeness (QED) is 0.733. The molecule has 0 bridgehead atoms. The molecule has 1 amide bonds. The van der Waals surface area contributed by atoms with Crippen LogP contribution in [0.1, 0.15) is 22.5 Å². The summed E-state index contributed by atoms with van der Waals surface area (Å²) in [5.41, 5.74) is 1.42. The molecule has 0 spiro atoms. The first-order valence-electron chi connectivity index (χ1n) is 9.39. The zero-order chi connectivity index (χ0) is 19.6. The predicted molar refractivity (Wildman–Crippen MR) is 104 cm³/mol. The molecule has 148 valence electrons. The third-order valence-corrected chi connectivity index (χ3v) is 7.43. The maximum absolute atomic E-state index is 12.9. The number of carbonyl (C=O) groups excluding carboxylic acids is 1. The Hall–Kier alpha value is -2.29. The lowest BCUT2D eigenvalue weighted by Gasteiger charge is -2.40. The van der Waals surface area contributed by atoms with Gasteiger partial charge in [0.05, 0.1) is 18.4 Å². The molecule has 1 aromatic heterocycles. The van der Waals surface area contributed by atoms with Crippen molar-refractivity contribution in [2.45, 2.75) is 24.4 Å². The van der Waals surface area contributed by atoms with E-state index in [4.69, 9.17) is 4.74 Å². The number of pyridine rings is 1. The molecular weight excluding hydrogens is 378 g/mol. The summed E-state index contributed by atoms with van der Waals surface area (Å²) in [5.74, 6) is -0.120. The lowest BCUT2D eigenvalue weighted by atomic mass is 10.1. The number of hydrogen-bond donors (Lipinski definition) is 0. The van der Waals surface area contributed by atoms with Gasteiger partial charge >= 0.3 is 0 Å². The molecule has 4 rings (SSSR count). The van der Waals surface area contributed by atoms with Crippen LogP contribution in [0, 0.1) is 0 Å². The van der Waals surface area contributed by atoms with E-state index >= 15 is 0 Å². The highest BCUT2D eigenvalue weighted by atomic mass is 32.2. The van der Waals surface area contributed by atoms with Gasteiger partial charge < -0.3 is 9.64 Å². The molecule has 3 heterocycles. The molecule has 0 radical (unpaired) electrons. The third-order valence-electron chi connectivity index (χ3n) is 5.24. The molecule has 0 aliphatic carbocycles. The van der Waals surface area contributed by atoms with Crippen molar-refractivity contribution in [2.24, 2.45) is 0 Å². The summed E-state index contributed by atoms with van der Waals surface area (Å²) in [6, 6.07) is 14.6. The van der Waals surface area contributed by atoms with Crippen molar-refractivity contribution in [2.75, 3.05) is 26.2 Å². The van der Waals surface area contributed by atoms with Crippen LogP contribution in [0.2, 0.25) is 0 Å². The fourth-order valence-electron chi connectivity index (χ4n) is 3.52. The van der Waals surface area contributed by atoms with Crippen LogP contribution >= 0.6 is 0 Å². The van der Waals surface area contributed by atoms with Crippen LogP contribution in [0.5, 0.6) is 0 Å². The van der Waals surface area contributed by atoms with Gasteiger partial charge in [-0.3, -0.25) is 9.78 Å². The number of nitrogens with zero attached hydrogens (tertiary/aromatic N) is 3. The molecule has 28 heavy (non-hydrogen) atoms. The minimum atomic E-state index is -3.42. The Kier molecular flexibility index (Phi) is 5.43. The number of ether oxygens (including phenoxy) is 1. The van der Waals surface area contributed by atoms with E-state index in [2.05, 4.69) is 4.98 Å². The molecule has 2 aromatic rings. The average molecular weight is 401 g/mol. The SMILES string of the molecule is O=C(c1ccccc1)N1CC(S(=O)(=O)N2CC[C@@H](OCc3ccccn3)C2)C1. The Morgan fingerprint density at radius 3 is 2.54 bits per heavy atom. The minimum absolute atomic E-state index is 0.120. The minimum Gasteiger partial charge on any atom is -0.371 e. The molecule has 2 aliphatic heterocycles. The molecule has 2 aliphatic rings. The van der Waals surface area contributed by atoms with Gasteiger partial charge in [0.1, 0.15) is 5.25 Å². The van der Waals surface area contributed by atoms with Crippen LogP contribution in [0.15, 0.2) is 54.7 Å². The lowest BCUT2D eigenvalue weighted by Crippen LogP contribution is -2.59. The van der Waals surface area contributed by atoms with Gasteiger partial charge in [-0.25, -0.2) is 8.42 Å². The summed E-state index contributed by atoms with van der Waals surface area (Å²) in [4.78, 5) is 18.2. The van der Waals surface area contributed by atoms with Crippen molar-refractivity contribution >= 4 is 15.9 Å². The first kappa shape index (κ1) is 19.0. The van der Waals surface area contributed by atoms with Gasteiger partial charge in [0, 0.05) is 37.9 Å². The highest BCUT2D eigenvalue weighted by Crippen LogP contribution is 2.26. The molecule has 0 N–H and O–H groups in total. The fraction of sp³-hybridized carbons (Fsp3) is 0.400. The zero-order valence-corrected chi connectivity index (χ0v) is 16.3. The average Bonchev–Trinajstić information content (AvgIpc) is 3.16. The first-order chi connectivity index (χ1) is 13.5. The summed E-state index contributed by atoms with van der Waals surface area (Å²) >= 11 is 0. The van der Waals surface area contributed by atoms with Gasteiger partial charge in [-0.05, 0) is 30.7 Å². The second-order valence-electron chi connectivity index (χ2n) is 7.14. The van der Waals surface area contributed by atoms with Gasteiger partial charge in [0.15, 0.2) is 0 Å². The smallest absolute Gasteiger partial charge is 0.253 e. The topological polar surface area (TPSA) is 79.8 Å². The maximum atomic E-state index is 12.9. The molecule has 7 nitrogen and oxygen atoms in total. The molecule has 2 fully saturated rings. The van der Waals surface area contributed by atoms with Crippen LogP contribution in [0.4, 0.5) is 0 Å². The van der Waals surface area contributed by atoms with Crippen molar-refractivity contribution in [3.63, 3.8) is 0 Å². The van der Waals surface area contributed by atoms with E-state index < -0.39 is 15.3 Å². The fourth-order valence-corrected chi connectivity index (χ4v) is 5.41. The van der Waals surface area contributed by atoms with Crippen LogP contribution in [0.3, 0.4) is 0 Å². The van der Waals surface area contributed by atoms with Crippen LogP contribution in [0.25, 0.3) is 0 Å². The predicted octanol–water partition coefficient (Wildman–Crippen LogP) is 1.53. The van der Waals surface area contributed by atoms with Crippen LogP contribution < -0.4 is 0 Å². The van der Waals surface area contributed by atoms with Gasteiger partial charge in [-0.1, -0.05) is 24.3 Å². The number of benzene rings is 1. The summed E-state index contributed by atoms with van der Waals surface area (Å²) in [6.07, 6.45) is 2.26. The van der Waals surface area contributed by atoms with E-state index in [9.17, 15) is 13.2 Å². The van der Waals surface area contributed by atoms with E-state index in [1.807, 2.05) is 24.3 Å². The number of carbonyl (C=O) groups is 1. The largest absolute Gasteiger partial charge is 0.371 e. The van der Waals surface area contributed by atoms with Gasteiger partial charge in [0.25, 0.3) is 5.91 Å². The Bertz CT molecular complexity index is 915. The van der Waals surface area contributed by atoms with Crippen molar-refractivity contribution in [3.05, 3.63) is 66.0 Å². The molecular formula is C20H23N3O4S. The number of likely N-dealkylation sites (tertiary alicyclic amines) is 1. The molecule has 8 heteroatoms. The highest BCUT2D eigenvalue weighted by Gasteiger charge is 2.44. The summed E-state index contributed by atoms with van der Waals surface area (Å²) in [5, 5.41) is -0.533. The van der Waals surface area contributed by atoms with Crippen LogP contribution in [-0.4, -0.2) is 66.0 Å². The maximum Gasteiger partial charge on any atom is 0.253 e. The normalized spacial score (nSPS) is 20.9. The molecule has 1 aromatic carbocycles. The third kappa shape index (κ3) is 3.94. The van der Waals surface area contributed by atoms with Crippen molar-refractivity contribution in [3.8, 4) is 0 Å². The Morgan fingerprint density at radius 2 is 1.82 bits per heavy atom. The summed E-state index contributed by atoms with van der Waals surface area (Å²) in [7, 11) is -3.42. The van der Waals surface area contributed by atoms with Crippen LogP contribution in [-0.2, 0) is 21.4 Å². The molecule has 2 saturated heterocycles. The number of sulfonamides is 1. The Labute approximate surface area is 165 Å². The monoisotopic (exact) mass is 401 g/mol. The zero-order valence-electron chi connectivity index (χ0n) is 15.5. The van der Waals surface area contributed by atoms with E-state index in [-0.39, 0.29) is 25.1 Å². The molecule has 0 saturated carbocycles. The Balaban J connectivity index is 1.28. The summed E-state index contributed by atoms with van der Waals surface area (Å²) < 4.78 is 33.1. The standard InChI is InChI=1S/C20H23N3O4S/c24-20(16-6-2-1-3-7-16)22-13-19(14-22)28(25,26)23-11-9-18(12-23)27-15-17-8-4-5-10-21-17/h1-8,10,18-19H,9,11-15H2/t18-/m1/s1. The van der Waals surface area contributed by atoms with Crippen molar-refractivity contribution < 1.29 is 17.9 Å². The van der Waals surface area contributed by atoms with E-state index in [0.717, 1.165) is 5.69 Å². The van der Waals surface area contributed by atoms with E-state index in [1.54, 1.807) is 35.4 Å². The second-order valence-corrected chi connectivity index (χ2v) is 9.36. The van der Waals surface area contributed by atoms with E-state index in [1.165, 1.54) is 4.31 Å². The van der Waals surface area contributed by atoms with E-state index in [0.29, 0.717) is 31.7 Å². The van der Waals surface area contributed by atoms with Gasteiger partial charge in [-0.2, -0.15) is 4.31 Å². The summed E-state index contributed by atoms with van der Waals surface area (Å²) in [6.45, 7) is 1.68. The first-order valence-corrected chi connectivity index (χ1v) is 10.9. The number of rotatable bonds is 6. The van der Waals surface area contributed by atoms with Crippen molar-refractivity contribution in [1.82, 2.24) is 14.2 Å². The van der Waals surface area contributed by atoms with Crippen molar-refractivity contribution in [1.29, 1.82) is 0 Å². The van der Waals surface area contributed by atoms with Gasteiger partial charge in [-0.15, -0.1) is 0 Å². The Morgan fingerprint density at radius 1 is 1.07 bits per heavy atom.